The lowest BCUT2D eigenvalue weighted by Crippen LogP contribution is -2.48. The molecule has 0 saturated carbocycles. The molecule has 1 fully saturated rings. The summed E-state index contributed by atoms with van der Waals surface area (Å²) in [4.78, 5) is 3.95. The highest BCUT2D eigenvalue weighted by Crippen LogP contribution is 2.24. The second-order valence-electron chi connectivity index (χ2n) is 5.88. The zero-order valence-corrected chi connectivity index (χ0v) is 13.2. The highest BCUT2D eigenvalue weighted by molar-refractivity contribution is 7.86. The minimum Gasteiger partial charge on any atom is -0.265 e. The fourth-order valence-corrected chi connectivity index (χ4v) is 4.41. The van der Waals surface area contributed by atoms with Gasteiger partial charge in [0.1, 0.15) is 0 Å². The molecule has 1 aliphatic rings. The van der Waals surface area contributed by atoms with Crippen LogP contribution in [0.1, 0.15) is 25.8 Å². The molecule has 2 unspecified atom stereocenters. The highest BCUT2D eigenvalue weighted by Gasteiger charge is 2.33. The van der Waals surface area contributed by atoms with Gasteiger partial charge in [0.05, 0.1) is 0 Å². The zero-order chi connectivity index (χ0) is 14.8. The predicted octanol–water partition coefficient (Wildman–Crippen LogP) is 1.74. The maximum absolute atomic E-state index is 12.6. The smallest absolute Gasteiger partial charge is 0.265 e. The summed E-state index contributed by atoms with van der Waals surface area (Å²) in [5.41, 5.74) is 0.948. The third-order valence-electron chi connectivity index (χ3n) is 3.71. The molecule has 1 aliphatic heterocycles. The minimum absolute atomic E-state index is 0.379. The molecule has 1 aromatic rings. The van der Waals surface area contributed by atoms with Crippen molar-refractivity contribution in [3.05, 3.63) is 30.1 Å². The van der Waals surface area contributed by atoms with Crippen molar-refractivity contribution in [1.82, 2.24) is 13.6 Å². The van der Waals surface area contributed by atoms with E-state index in [2.05, 4.69) is 18.8 Å². The summed E-state index contributed by atoms with van der Waals surface area (Å²) < 4.78 is 28.3. The van der Waals surface area contributed by atoms with Crippen molar-refractivity contribution in [3.8, 4) is 0 Å². The molecule has 1 saturated heterocycles. The van der Waals surface area contributed by atoms with E-state index in [0.29, 0.717) is 31.5 Å². The Balaban J connectivity index is 2.09. The van der Waals surface area contributed by atoms with Crippen LogP contribution in [0.15, 0.2) is 24.5 Å². The van der Waals surface area contributed by atoms with Crippen molar-refractivity contribution in [2.45, 2.75) is 26.8 Å². The molecule has 0 bridgehead atoms. The van der Waals surface area contributed by atoms with Gasteiger partial charge >= 0.3 is 0 Å². The quantitative estimate of drug-likeness (QED) is 0.850. The van der Waals surface area contributed by atoms with Crippen molar-refractivity contribution in [1.29, 1.82) is 0 Å². The van der Waals surface area contributed by atoms with E-state index in [1.54, 1.807) is 23.7 Å². The van der Waals surface area contributed by atoms with Crippen LogP contribution < -0.4 is 0 Å². The second kappa shape index (κ2) is 6.20. The molecule has 112 valence electrons. The Hall–Kier alpha value is -0.980. The summed E-state index contributed by atoms with van der Waals surface area (Å²) in [6.45, 7) is 5.84. The third-order valence-corrected chi connectivity index (χ3v) is 5.58. The predicted molar refractivity (Wildman–Crippen MR) is 79.1 cm³/mol. The average molecular weight is 297 g/mol. The molecule has 0 aliphatic carbocycles. The Morgan fingerprint density at radius 3 is 2.35 bits per heavy atom. The highest BCUT2D eigenvalue weighted by atomic mass is 32.2. The van der Waals surface area contributed by atoms with E-state index >= 15 is 0 Å². The minimum atomic E-state index is -3.38. The topological polar surface area (TPSA) is 53.5 Å². The summed E-state index contributed by atoms with van der Waals surface area (Å²) in [5.74, 6) is 0.839. The number of nitrogens with zero attached hydrogens (tertiary/aromatic N) is 3. The van der Waals surface area contributed by atoms with Crippen LogP contribution in [0.2, 0.25) is 0 Å². The van der Waals surface area contributed by atoms with E-state index < -0.39 is 10.2 Å². The summed E-state index contributed by atoms with van der Waals surface area (Å²) >= 11 is 0. The van der Waals surface area contributed by atoms with Gasteiger partial charge in [-0.2, -0.15) is 17.0 Å². The molecule has 2 atom stereocenters. The second-order valence-corrected chi connectivity index (χ2v) is 7.92. The number of piperidine rings is 1. The fraction of sp³-hybridized carbons (Fsp3) is 0.643. The van der Waals surface area contributed by atoms with E-state index in [0.717, 1.165) is 12.0 Å². The molecular formula is C14H23N3O2S. The van der Waals surface area contributed by atoms with Gasteiger partial charge < -0.3 is 0 Å². The maximum atomic E-state index is 12.6. The Labute approximate surface area is 121 Å². The molecule has 5 nitrogen and oxygen atoms in total. The number of hydrogen-bond donors (Lipinski definition) is 0. The summed E-state index contributed by atoms with van der Waals surface area (Å²) in [5, 5.41) is 0. The van der Waals surface area contributed by atoms with Crippen LogP contribution in [0.25, 0.3) is 0 Å². The van der Waals surface area contributed by atoms with Crippen molar-refractivity contribution in [2.75, 3.05) is 20.1 Å². The van der Waals surface area contributed by atoms with Gasteiger partial charge in [-0.15, -0.1) is 0 Å². The number of pyridine rings is 1. The summed E-state index contributed by atoms with van der Waals surface area (Å²) in [6.07, 6.45) is 4.46. The molecule has 0 aromatic carbocycles. The van der Waals surface area contributed by atoms with E-state index in [1.807, 2.05) is 12.1 Å². The van der Waals surface area contributed by atoms with Crippen LogP contribution in [-0.2, 0) is 16.8 Å². The van der Waals surface area contributed by atoms with Crippen LogP contribution in [-0.4, -0.2) is 42.1 Å². The Kier molecular flexibility index (Phi) is 4.78. The molecule has 20 heavy (non-hydrogen) atoms. The lowest BCUT2D eigenvalue weighted by molar-refractivity contribution is 0.211. The lowest BCUT2D eigenvalue weighted by atomic mass is 9.94. The molecule has 6 heteroatoms. The van der Waals surface area contributed by atoms with Crippen molar-refractivity contribution >= 4 is 10.2 Å². The average Bonchev–Trinajstić information content (AvgIpc) is 2.38. The van der Waals surface area contributed by atoms with Crippen LogP contribution in [0.4, 0.5) is 0 Å². The van der Waals surface area contributed by atoms with Crippen molar-refractivity contribution < 1.29 is 8.42 Å². The fourth-order valence-electron chi connectivity index (χ4n) is 2.82. The Morgan fingerprint density at radius 1 is 1.25 bits per heavy atom. The van der Waals surface area contributed by atoms with Gasteiger partial charge in [0.25, 0.3) is 10.2 Å². The maximum Gasteiger partial charge on any atom is 0.282 e. The summed E-state index contributed by atoms with van der Waals surface area (Å²) in [6, 6.07) is 3.68. The first-order valence-electron chi connectivity index (χ1n) is 7.00. The molecule has 2 heterocycles. The van der Waals surface area contributed by atoms with E-state index in [4.69, 9.17) is 0 Å². The van der Waals surface area contributed by atoms with Crippen LogP contribution in [0.3, 0.4) is 0 Å². The zero-order valence-electron chi connectivity index (χ0n) is 12.4. The monoisotopic (exact) mass is 297 g/mol. The lowest BCUT2D eigenvalue weighted by Gasteiger charge is -2.36. The molecule has 0 amide bonds. The summed E-state index contributed by atoms with van der Waals surface area (Å²) in [7, 11) is -1.74. The Bertz CT molecular complexity index is 523. The van der Waals surface area contributed by atoms with Crippen molar-refractivity contribution in [2.24, 2.45) is 11.8 Å². The van der Waals surface area contributed by atoms with Crippen LogP contribution in [0, 0.1) is 11.8 Å². The van der Waals surface area contributed by atoms with E-state index in [1.165, 1.54) is 4.31 Å². The number of aromatic nitrogens is 1. The standard InChI is InChI=1S/C14H23N3O2S/c1-12-8-13(2)10-17(9-12)20(18,19)16(3)11-14-4-6-15-7-5-14/h4-7,12-13H,8-11H2,1-3H3. The SMILES string of the molecule is CC1CC(C)CN(S(=O)(=O)N(C)Cc2ccncc2)C1. The van der Waals surface area contributed by atoms with E-state index in [9.17, 15) is 8.42 Å². The molecule has 0 N–H and O–H groups in total. The van der Waals surface area contributed by atoms with Gasteiger partial charge in [-0.1, -0.05) is 13.8 Å². The van der Waals surface area contributed by atoms with Crippen LogP contribution in [0.5, 0.6) is 0 Å². The molecule has 2 rings (SSSR count). The Morgan fingerprint density at radius 2 is 1.80 bits per heavy atom. The first-order chi connectivity index (χ1) is 9.39. The number of rotatable bonds is 4. The largest absolute Gasteiger partial charge is 0.282 e. The normalized spacial score (nSPS) is 25.0. The van der Waals surface area contributed by atoms with Gasteiger partial charge in [-0.25, -0.2) is 0 Å². The van der Waals surface area contributed by atoms with Crippen LogP contribution >= 0.6 is 0 Å². The van der Waals surface area contributed by atoms with Gasteiger partial charge in [-0.05, 0) is 36.0 Å². The van der Waals surface area contributed by atoms with Crippen molar-refractivity contribution in [3.63, 3.8) is 0 Å². The van der Waals surface area contributed by atoms with Gasteiger partial charge in [-0.3, -0.25) is 4.98 Å². The van der Waals surface area contributed by atoms with Gasteiger partial charge in [0.2, 0.25) is 0 Å². The van der Waals surface area contributed by atoms with E-state index in [-0.39, 0.29) is 0 Å². The first-order valence-corrected chi connectivity index (χ1v) is 8.39. The molecule has 1 aromatic heterocycles. The first kappa shape index (κ1) is 15.4. The molecule has 0 radical (unpaired) electrons. The number of hydrogen-bond acceptors (Lipinski definition) is 3. The molecule has 0 spiro atoms. The third kappa shape index (κ3) is 3.56. The van der Waals surface area contributed by atoms with Gasteiger partial charge in [0, 0.05) is 39.1 Å². The molecular weight excluding hydrogens is 274 g/mol. The van der Waals surface area contributed by atoms with Gasteiger partial charge in [0.15, 0.2) is 0 Å².